The molecule has 2 N–H and O–H groups in total. The largest absolute Gasteiger partial charge is 0.395 e. The highest BCUT2D eigenvalue weighted by molar-refractivity contribution is 6.34. The van der Waals surface area contributed by atoms with Crippen LogP contribution in [0.3, 0.4) is 0 Å². The van der Waals surface area contributed by atoms with Crippen LogP contribution in [-0.2, 0) is 4.79 Å². The molecule has 0 atom stereocenters. The Morgan fingerprint density at radius 2 is 1.84 bits per heavy atom. The number of hydrogen-bond acceptors (Lipinski definition) is 3. The van der Waals surface area contributed by atoms with E-state index in [-0.39, 0.29) is 32.2 Å². The quantitative estimate of drug-likeness (QED) is 0.788. The Balaban J connectivity index is 2.78. The molecular weight excluding hydrogens is 289 g/mol. The molecule has 0 fully saturated rings. The minimum Gasteiger partial charge on any atom is -0.395 e. The number of hydrogen-bond donors (Lipinski definition) is 2. The number of benzene rings is 1. The van der Waals surface area contributed by atoms with Crippen LogP contribution in [0.5, 0.6) is 0 Å². The minimum atomic E-state index is -0.306. The zero-order valence-electron chi connectivity index (χ0n) is 10.2. The summed E-state index contributed by atoms with van der Waals surface area (Å²) >= 11 is 11.8. The van der Waals surface area contributed by atoms with Gasteiger partial charge in [-0.3, -0.25) is 4.79 Å². The maximum atomic E-state index is 11.8. The summed E-state index contributed by atoms with van der Waals surface area (Å²) < 4.78 is 0. The molecule has 0 heterocycles. The number of halogens is 2. The molecule has 0 bridgehead atoms. The van der Waals surface area contributed by atoms with Gasteiger partial charge in [0.2, 0.25) is 5.91 Å². The Kier molecular flexibility index (Phi) is 6.87. The zero-order chi connectivity index (χ0) is 14.3. The molecule has 0 radical (unpaired) electrons. The average Bonchev–Trinajstić information content (AvgIpc) is 2.39. The van der Waals surface area contributed by atoms with Crippen LogP contribution in [0.1, 0.15) is 5.56 Å². The van der Waals surface area contributed by atoms with E-state index in [0.29, 0.717) is 15.6 Å². The first-order valence-electron chi connectivity index (χ1n) is 5.72. The molecule has 1 aromatic carbocycles. The molecule has 0 spiro atoms. The normalized spacial score (nSPS) is 10.9. The van der Waals surface area contributed by atoms with Crippen LogP contribution in [0.2, 0.25) is 10.0 Å². The van der Waals surface area contributed by atoms with Crippen LogP contribution in [0.25, 0.3) is 6.08 Å². The standard InChI is InChI=1S/C13H15Cl2NO3/c14-11-2-3-12(15)10(9-11)1-4-13(19)16(5-7-17)6-8-18/h1-4,9,17-18H,5-8H2/b4-1+. The first kappa shape index (κ1) is 16.0. The van der Waals surface area contributed by atoms with Crippen molar-refractivity contribution in [2.24, 2.45) is 0 Å². The molecule has 0 aromatic heterocycles. The highest BCUT2D eigenvalue weighted by atomic mass is 35.5. The second-order valence-electron chi connectivity index (χ2n) is 3.77. The molecule has 0 aliphatic carbocycles. The summed E-state index contributed by atoms with van der Waals surface area (Å²) in [6, 6.07) is 4.95. The predicted octanol–water partition coefficient (Wildman–Crippen LogP) is 1.82. The van der Waals surface area contributed by atoms with Gasteiger partial charge in [-0.1, -0.05) is 23.2 Å². The first-order valence-corrected chi connectivity index (χ1v) is 6.48. The summed E-state index contributed by atoms with van der Waals surface area (Å²) in [5, 5.41) is 18.7. The van der Waals surface area contributed by atoms with Gasteiger partial charge >= 0.3 is 0 Å². The van der Waals surface area contributed by atoms with Crippen molar-refractivity contribution < 1.29 is 15.0 Å². The zero-order valence-corrected chi connectivity index (χ0v) is 11.7. The molecule has 1 aromatic rings. The van der Waals surface area contributed by atoms with Gasteiger partial charge in [0.15, 0.2) is 0 Å². The highest BCUT2D eigenvalue weighted by Gasteiger charge is 2.09. The second-order valence-corrected chi connectivity index (χ2v) is 4.62. The van der Waals surface area contributed by atoms with Crippen molar-refractivity contribution >= 4 is 35.2 Å². The third-order valence-electron chi connectivity index (χ3n) is 2.42. The highest BCUT2D eigenvalue weighted by Crippen LogP contribution is 2.21. The molecular formula is C13H15Cl2NO3. The third-order valence-corrected chi connectivity index (χ3v) is 2.99. The number of carbonyl (C=O) groups is 1. The van der Waals surface area contributed by atoms with Crippen LogP contribution >= 0.6 is 23.2 Å². The first-order chi connectivity index (χ1) is 9.08. The van der Waals surface area contributed by atoms with E-state index >= 15 is 0 Å². The van der Waals surface area contributed by atoms with Crippen LogP contribution in [0, 0.1) is 0 Å². The Morgan fingerprint density at radius 3 is 2.42 bits per heavy atom. The molecule has 6 heteroatoms. The molecule has 0 unspecified atom stereocenters. The van der Waals surface area contributed by atoms with Crippen LogP contribution < -0.4 is 0 Å². The third kappa shape index (κ3) is 5.20. The van der Waals surface area contributed by atoms with Crippen molar-refractivity contribution in [1.29, 1.82) is 0 Å². The summed E-state index contributed by atoms with van der Waals surface area (Å²) in [6.07, 6.45) is 2.89. The molecule has 104 valence electrons. The van der Waals surface area contributed by atoms with E-state index in [4.69, 9.17) is 33.4 Å². The number of aliphatic hydroxyl groups excluding tert-OH is 2. The Labute approximate surface area is 121 Å². The monoisotopic (exact) mass is 303 g/mol. The maximum Gasteiger partial charge on any atom is 0.246 e. The van der Waals surface area contributed by atoms with Gasteiger partial charge < -0.3 is 15.1 Å². The second kappa shape index (κ2) is 8.17. The molecule has 0 aliphatic heterocycles. The van der Waals surface area contributed by atoms with Gasteiger partial charge in [0.1, 0.15) is 0 Å². The lowest BCUT2D eigenvalue weighted by Crippen LogP contribution is -2.34. The van der Waals surface area contributed by atoms with Gasteiger partial charge in [0, 0.05) is 29.2 Å². The Hall–Kier alpha value is -1.07. The van der Waals surface area contributed by atoms with Gasteiger partial charge in [-0.25, -0.2) is 0 Å². The summed E-state index contributed by atoms with van der Waals surface area (Å²) in [6.45, 7) is 0.0367. The van der Waals surface area contributed by atoms with Crippen molar-refractivity contribution in [3.8, 4) is 0 Å². The fourth-order valence-corrected chi connectivity index (χ4v) is 1.84. The predicted molar refractivity (Wildman–Crippen MR) is 76.2 cm³/mol. The summed E-state index contributed by atoms with van der Waals surface area (Å²) in [7, 11) is 0. The smallest absolute Gasteiger partial charge is 0.246 e. The molecule has 1 rings (SSSR count). The van der Waals surface area contributed by atoms with E-state index < -0.39 is 0 Å². The maximum absolute atomic E-state index is 11.8. The lowest BCUT2D eigenvalue weighted by Gasteiger charge is -2.18. The van der Waals surface area contributed by atoms with Crippen LogP contribution in [0.4, 0.5) is 0 Å². The van der Waals surface area contributed by atoms with E-state index in [2.05, 4.69) is 0 Å². The van der Waals surface area contributed by atoms with Crippen molar-refractivity contribution in [1.82, 2.24) is 4.90 Å². The summed E-state index contributed by atoms with van der Waals surface area (Å²) in [5.74, 6) is -0.306. The van der Waals surface area contributed by atoms with Crippen LogP contribution in [0.15, 0.2) is 24.3 Å². The lowest BCUT2D eigenvalue weighted by molar-refractivity contribution is -0.126. The van der Waals surface area contributed by atoms with E-state index in [9.17, 15) is 4.79 Å². The summed E-state index contributed by atoms with van der Waals surface area (Å²) in [5.41, 5.74) is 0.635. The Morgan fingerprint density at radius 1 is 1.21 bits per heavy atom. The fourth-order valence-electron chi connectivity index (χ4n) is 1.48. The van der Waals surface area contributed by atoms with Crippen LogP contribution in [-0.4, -0.2) is 47.3 Å². The van der Waals surface area contributed by atoms with E-state index in [1.54, 1.807) is 24.3 Å². The number of aliphatic hydroxyl groups is 2. The van der Waals surface area contributed by atoms with Gasteiger partial charge in [0.25, 0.3) is 0 Å². The molecule has 4 nitrogen and oxygen atoms in total. The van der Waals surface area contributed by atoms with Gasteiger partial charge in [-0.2, -0.15) is 0 Å². The van der Waals surface area contributed by atoms with Gasteiger partial charge in [-0.15, -0.1) is 0 Å². The van der Waals surface area contributed by atoms with Crippen molar-refractivity contribution in [2.75, 3.05) is 26.3 Å². The van der Waals surface area contributed by atoms with Crippen molar-refractivity contribution in [2.45, 2.75) is 0 Å². The average molecular weight is 304 g/mol. The topological polar surface area (TPSA) is 60.8 Å². The van der Waals surface area contributed by atoms with E-state index in [1.807, 2.05) is 0 Å². The van der Waals surface area contributed by atoms with Crippen molar-refractivity contribution in [3.05, 3.63) is 39.9 Å². The SMILES string of the molecule is O=C(/C=C/c1cc(Cl)ccc1Cl)N(CCO)CCO. The molecule has 0 saturated carbocycles. The molecule has 0 aliphatic rings. The van der Waals surface area contributed by atoms with Crippen molar-refractivity contribution in [3.63, 3.8) is 0 Å². The summed E-state index contributed by atoms with van der Waals surface area (Å²) in [4.78, 5) is 13.2. The fraction of sp³-hybridized carbons (Fsp3) is 0.308. The number of rotatable bonds is 6. The van der Waals surface area contributed by atoms with E-state index in [0.717, 1.165) is 0 Å². The van der Waals surface area contributed by atoms with Gasteiger partial charge in [0.05, 0.1) is 13.2 Å². The number of carbonyl (C=O) groups excluding carboxylic acids is 1. The Bertz CT molecular complexity index is 457. The number of nitrogens with zero attached hydrogens (tertiary/aromatic N) is 1. The molecule has 19 heavy (non-hydrogen) atoms. The lowest BCUT2D eigenvalue weighted by atomic mass is 10.2. The number of amides is 1. The molecule has 1 amide bonds. The molecule has 0 saturated heterocycles. The van der Waals surface area contributed by atoms with Gasteiger partial charge in [-0.05, 0) is 29.8 Å². The van der Waals surface area contributed by atoms with E-state index in [1.165, 1.54) is 11.0 Å². The minimum absolute atomic E-state index is 0.155.